The van der Waals surface area contributed by atoms with Gasteiger partial charge in [-0.1, -0.05) is 6.07 Å². The molecule has 1 aromatic carbocycles. The Kier molecular flexibility index (Phi) is 5.14. The lowest BCUT2D eigenvalue weighted by atomic mass is 10.0. The Labute approximate surface area is 146 Å². The van der Waals surface area contributed by atoms with Crippen LogP contribution in [0.4, 0.5) is 0 Å². The van der Waals surface area contributed by atoms with Gasteiger partial charge < -0.3 is 4.74 Å². The van der Waals surface area contributed by atoms with Gasteiger partial charge in [-0.25, -0.2) is 14.8 Å². The zero-order chi connectivity index (χ0) is 17.6. The average Bonchev–Trinajstić information content (AvgIpc) is 2.65. The van der Waals surface area contributed by atoms with E-state index >= 15 is 0 Å². The van der Waals surface area contributed by atoms with Gasteiger partial charge in [0.2, 0.25) is 0 Å². The zero-order valence-corrected chi connectivity index (χ0v) is 14.3. The Morgan fingerprint density at radius 1 is 1.16 bits per heavy atom. The molecule has 25 heavy (non-hydrogen) atoms. The third-order valence-electron chi connectivity index (χ3n) is 3.87. The van der Waals surface area contributed by atoms with Crippen LogP contribution in [0.5, 0.6) is 0 Å². The lowest BCUT2D eigenvalue weighted by Gasteiger charge is -2.09. The van der Waals surface area contributed by atoms with Crippen LogP contribution in [0.1, 0.15) is 34.2 Å². The summed E-state index contributed by atoms with van der Waals surface area (Å²) in [5.41, 5.74) is 4.42. The highest BCUT2D eigenvalue weighted by Crippen LogP contribution is 2.18. The van der Waals surface area contributed by atoms with E-state index in [1.54, 1.807) is 31.6 Å². The molecular formula is C20H19N3O2. The Morgan fingerprint density at radius 3 is 2.80 bits per heavy atom. The number of hydrogen-bond donors (Lipinski definition) is 0. The minimum atomic E-state index is -0.311. The fourth-order valence-corrected chi connectivity index (χ4v) is 2.53. The predicted molar refractivity (Wildman–Crippen MR) is 95.2 cm³/mol. The van der Waals surface area contributed by atoms with Crippen molar-refractivity contribution >= 4 is 5.97 Å². The van der Waals surface area contributed by atoms with Crippen molar-refractivity contribution in [2.24, 2.45) is 0 Å². The topological polar surface area (TPSA) is 65.0 Å². The van der Waals surface area contributed by atoms with Crippen LogP contribution in [0.3, 0.4) is 0 Å². The Bertz CT molecular complexity index is 879. The minimum absolute atomic E-state index is 0.311. The molecule has 5 nitrogen and oxygen atoms in total. The number of ether oxygens (including phenoxy) is 1. The second kappa shape index (κ2) is 7.66. The van der Waals surface area contributed by atoms with Crippen molar-refractivity contribution in [1.82, 2.24) is 15.0 Å². The molecule has 0 saturated heterocycles. The van der Waals surface area contributed by atoms with Crippen molar-refractivity contribution in [1.29, 1.82) is 0 Å². The maximum absolute atomic E-state index is 11.9. The number of nitrogens with zero attached hydrogens (tertiary/aromatic N) is 3. The number of rotatable bonds is 5. The summed E-state index contributed by atoms with van der Waals surface area (Å²) in [4.78, 5) is 25.1. The lowest BCUT2D eigenvalue weighted by molar-refractivity contribution is 0.0526. The molecule has 0 fully saturated rings. The van der Waals surface area contributed by atoms with E-state index < -0.39 is 0 Å². The number of benzene rings is 1. The molecule has 0 spiro atoms. The fourth-order valence-electron chi connectivity index (χ4n) is 2.53. The molecule has 0 N–H and O–H groups in total. The van der Waals surface area contributed by atoms with Crippen molar-refractivity contribution in [2.45, 2.75) is 20.3 Å². The van der Waals surface area contributed by atoms with Gasteiger partial charge in [0.1, 0.15) is 5.82 Å². The number of pyridine rings is 1. The normalized spacial score (nSPS) is 10.5. The quantitative estimate of drug-likeness (QED) is 0.667. The number of carbonyl (C=O) groups excluding carboxylic acids is 1. The van der Waals surface area contributed by atoms with Crippen LogP contribution in [0.25, 0.3) is 11.3 Å². The Balaban J connectivity index is 1.87. The molecule has 3 aromatic rings. The van der Waals surface area contributed by atoms with Crippen molar-refractivity contribution in [2.75, 3.05) is 6.61 Å². The molecular weight excluding hydrogens is 314 g/mol. The molecule has 2 heterocycles. The highest BCUT2D eigenvalue weighted by atomic mass is 16.5. The highest BCUT2D eigenvalue weighted by molar-refractivity contribution is 5.89. The standard InChI is InChI=1S/C20H19N3O2/c1-3-25-20(24)15-7-6-14(2)17(11-15)12-19-22-10-8-18(23-19)16-5-4-9-21-13-16/h4-11,13H,3,12H2,1-2H3. The minimum Gasteiger partial charge on any atom is -0.462 e. The Morgan fingerprint density at radius 2 is 2.04 bits per heavy atom. The molecule has 2 aromatic heterocycles. The van der Waals surface area contributed by atoms with Crippen LogP contribution >= 0.6 is 0 Å². The first-order chi connectivity index (χ1) is 12.2. The maximum Gasteiger partial charge on any atom is 0.338 e. The number of esters is 1. The summed E-state index contributed by atoms with van der Waals surface area (Å²) in [6.45, 7) is 4.17. The van der Waals surface area contributed by atoms with E-state index in [0.717, 1.165) is 22.4 Å². The van der Waals surface area contributed by atoms with E-state index in [9.17, 15) is 4.79 Å². The second-order valence-corrected chi connectivity index (χ2v) is 5.64. The van der Waals surface area contributed by atoms with Crippen molar-refractivity contribution in [3.05, 3.63) is 77.5 Å². The molecule has 3 rings (SSSR count). The van der Waals surface area contributed by atoms with Gasteiger partial charge in [0.15, 0.2) is 0 Å². The number of carbonyl (C=O) groups is 1. The molecule has 126 valence electrons. The molecule has 0 atom stereocenters. The van der Waals surface area contributed by atoms with Gasteiger partial charge in [-0.15, -0.1) is 0 Å². The zero-order valence-electron chi connectivity index (χ0n) is 14.3. The Hall–Kier alpha value is -3.08. The molecule has 0 aliphatic rings. The number of hydrogen-bond acceptors (Lipinski definition) is 5. The van der Waals surface area contributed by atoms with Gasteiger partial charge in [-0.2, -0.15) is 0 Å². The molecule has 0 unspecified atom stereocenters. The van der Waals surface area contributed by atoms with E-state index in [1.165, 1.54) is 0 Å². The lowest BCUT2D eigenvalue weighted by Crippen LogP contribution is -2.06. The summed E-state index contributed by atoms with van der Waals surface area (Å²) in [7, 11) is 0. The van der Waals surface area contributed by atoms with Crippen LogP contribution in [-0.4, -0.2) is 27.5 Å². The molecule has 0 bridgehead atoms. The third kappa shape index (κ3) is 4.07. The van der Waals surface area contributed by atoms with E-state index in [-0.39, 0.29) is 5.97 Å². The smallest absolute Gasteiger partial charge is 0.338 e. The van der Waals surface area contributed by atoms with Gasteiger partial charge in [0, 0.05) is 30.6 Å². The van der Waals surface area contributed by atoms with Gasteiger partial charge in [0.05, 0.1) is 17.9 Å². The number of aromatic nitrogens is 3. The van der Waals surface area contributed by atoms with Gasteiger partial charge in [0.25, 0.3) is 0 Å². The van der Waals surface area contributed by atoms with E-state index in [4.69, 9.17) is 4.74 Å². The molecule has 0 amide bonds. The SMILES string of the molecule is CCOC(=O)c1ccc(C)c(Cc2nccc(-c3cccnc3)n2)c1. The summed E-state index contributed by atoms with van der Waals surface area (Å²) < 4.78 is 5.07. The average molecular weight is 333 g/mol. The van der Waals surface area contributed by atoms with Crippen LogP contribution in [0.15, 0.2) is 55.0 Å². The molecule has 0 radical (unpaired) electrons. The molecule has 0 aliphatic carbocycles. The van der Waals surface area contributed by atoms with Crippen molar-refractivity contribution in [3.63, 3.8) is 0 Å². The summed E-state index contributed by atoms with van der Waals surface area (Å²) in [6, 6.07) is 11.3. The van der Waals surface area contributed by atoms with E-state index in [1.807, 2.05) is 37.3 Å². The third-order valence-corrected chi connectivity index (χ3v) is 3.87. The molecule has 5 heteroatoms. The van der Waals surface area contributed by atoms with Crippen LogP contribution < -0.4 is 0 Å². The van der Waals surface area contributed by atoms with Gasteiger partial charge >= 0.3 is 5.97 Å². The van der Waals surface area contributed by atoms with Crippen molar-refractivity contribution < 1.29 is 9.53 Å². The summed E-state index contributed by atoms with van der Waals surface area (Å²) in [5, 5.41) is 0. The summed E-state index contributed by atoms with van der Waals surface area (Å²) in [6.07, 6.45) is 5.80. The first kappa shape index (κ1) is 16.8. The van der Waals surface area contributed by atoms with E-state index in [2.05, 4.69) is 15.0 Å². The van der Waals surface area contributed by atoms with Crippen LogP contribution in [0.2, 0.25) is 0 Å². The predicted octanol–water partition coefficient (Wildman–Crippen LogP) is 3.61. The van der Waals surface area contributed by atoms with Gasteiger partial charge in [-0.3, -0.25) is 4.98 Å². The van der Waals surface area contributed by atoms with Crippen molar-refractivity contribution in [3.8, 4) is 11.3 Å². The second-order valence-electron chi connectivity index (χ2n) is 5.64. The summed E-state index contributed by atoms with van der Waals surface area (Å²) in [5.74, 6) is 0.388. The monoisotopic (exact) mass is 333 g/mol. The summed E-state index contributed by atoms with van der Waals surface area (Å²) >= 11 is 0. The molecule has 0 saturated carbocycles. The molecule has 0 aliphatic heterocycles. The van der Waals surface area contributed by atoms with E-state index in [0.29, 0.717) is 24.4 Å². The van der Waals surface area contributed by atoms with Crippen LogP contribution in [0, 0.1) is 6.92 Å². The first-order valence-electron chi connectivity index (χ1n) is 8.16. The fraction of sp³-hybridized carbons (Fsp3) is 0.200. The highest BCUT2D eigenvalue weighted by Gasteiger charge is 2.11. The van der Waals surface area contributed by atoms with Gasteiger partial charge in [-0.05, 0) is 55.3 Å². The largest absolute Gasteiger partial charge is 0.462 e. The number of aryl methyl sites for hydroxylation is 1. The maximum atomic E-state index is 11.9. The van der Waals surface area contributed by atoms with Crippen LogP contribution in [-0.2, 0) is 11.2 Å². The first-order valence-corrected chi connectivity index (χ1v) is 8.16.